The molecule has 6 nitrogen and oxygen atoms in total. The van der Waals surface area contributed by atoms with E-state index in [2.05, 4.69) is 34.4 Å². The number of furan rings is 1. The van der Waals surface area contributed by atoms with Crippen LogP contribution in [0.2, 0.25) is 0 Å². The van der Waals surface area contributed by atoms with Crippen LogP contribution in [-0.4, -0.2) is 27.0 Å². The molecule has 2 saturated carbocycles. The number of hydrogen-bond acceptors (Lipinski definition) is 5. The van der Waals surface area contributed by atoms with Gasteiger partial charge in [-0.25, -0.2) is 9.97 Å². The first-order chi connectivity index (χ1) is 10.4. The lowest BCUT2D eigenvalue weighted by atomic mass is 10.1. The molecule has 22 heavy (non-hydrogen) atoms. The molecule has 6 heteroatoms. The monoisotopic (exact) mass is 300 g/mol. The third-order valence-electron chi connectivity index (χ3n) is 4.73. The Hall–Kier alpha value is -2.11. The summed E-state index contributed by atoms with van der Waals surface area (Å²) in [6.45, 7) is 6.01. The number of hydrogen-bond donors (Lipinski definition) is 2. The minimum Gasteiger partial charge on any atom is -0.442 e. The van der Waals surface area contributed by atoms with Crippen molar-refractivity contribution < 1.29 is 9.21 Å². The second-order valence-corrected chi connectivity index (χ2v) is 7.14. The van der Waals surface area contributed by atoms with Crippen LogP contribution in [-0.2, 0) is 0 Å². The van der Waals surface area contributed by atoms with E-state index in [9.17, 15) is 4.79 Å². The van der Waals surface area contributed by atoms with Crippen molar-refractivity contribution in [2.24, 2.45) is 0 Å². The molecule has 2 aromatic heterocycles. The molecule has 2 aliphatic carbocycles. The zero-order chi connectivity index (χ0) is 15.5. The molecule has 2 heterocycles. The van der Waals surface area contributed by atoms with Crippen molar-refractivity contribution in [3.63, 3.8) is 0 Å². The van der Waals surface area contributed by atoms with Crippen LogP contribution in [0, 0.1) is 6.92 Å². The van der Waals surface area contributed by atoms with Crippen LogP contribution in [0.3, 0.4) is 0 Å². The number of fused-ring (bicyclic) bond motifs is 1. The molecule has 0 aromatic carbocycles. The van der Waals surface area contributed by atoms with E-state index in [0.29, 0.717) is 28.2 Å². The van der Waals surface area contributed by atoms with Gasteiger partial charge in [-0.2, -0.15) is 0 Å². The van der Waals surface area contributed by atoms with Gasteiger partial charge in [-0.05, 0) is 46.5 Å². The maximum atomic E-state index is 12.7. The number of anilines is 1. The molecule has 0 unspecified atom stereocenters. The SMILES string of the molecule is Cc1oc2ncnc(NC3(C)CC3)c2c1C(=O)NC1(C)CC1. The van der Waals surface area contributed by atoms with Crippen molar-refractivity contribution in [3.8, 4) is 0 Å². The first kappa shape index (κ1) is 13.5. The van der Waals surface area contributed by atoms with Crippen LogP contribution in [0.15, 0.2) is 10.7 Å². The minimum atomic E-state index is -0.102. The summed E-state index contributed by atoms with van der Waals surface area (Å²) < 4.78 is 5.68. The maximum absolute atomic E-state index is 12.7. The normalized spacial score (nSPS) is 20.7. The topological polar surface area (TPSA) is 80.1 Å². The molecule has 0 spiro atoms. The predicted octanol–water partition coefficient (Wildman–Crippen LogP) is 2.78. The second-order valence-electron chi connectivity index (χ2n) is 7.14. The average Bonchev–Trinajstić information content (AvgIpc) is 3.31. The summed E-state index contributed by atoms with van der Waals surface area (Å²) in [5, 5.41) is 7.21. The highest BCUT2D eigenvalue weighted by Gasteiger charge is 2.41. The van der Waals surface area contributed by atoms with Crippen molar-refractivity contribution in [3.05, 3.63) is 17.7 Å². The number of carbonyl (C=O) groups excluding carboxylic acids is 1. The smallest absolute Gasteiger partial charge is 0.256 e. The van der Waals surface area contributed by atoms with Crippen molar-refractivity contribution in [1.29, 1.82) is 0 Å². The van der Waals surface area contributed by atoms with Gasteiger partial charge in [0.25, 0.3) is 5.91 Å². The van der Waals surface area contributed by atoms with Crippen LogP contribution < -0.4 is 10.6 Å². The zero-order valence-electron chi connectivity index (χ0n) is 13.1. The van der Waals surface area contributed by atoms with E-state index in [0.717, 1.165) is 25.7 Å². The molecule has 0 atom stereocenters. The highest BCUT2D eigenvalue weighted by molar-refractivity contribution is 6.10. The van der Waals surface area contributed by atoms with Gasteiger partial charge in [0.1, 0.15) is 17.9 Å². The summed E-state index contributed by atoms with van der Waals surface area (Å²) in [7, 11) is 0. The van der Waals surface area contributed by atoms with Crippen LogP contribution >= 0.6 is 0 Å². The van der Waals surface area contributed by atoms with E-state index >= 15 is 0 Å². The van der Waals surface area contributed by atoms with Gasteiger partial charge in [-0.15, -0.1) is 0 Å². The number of nitrogens with zero attached hydrogens (tertiary/aromatic N) is 2. The lowest BCUT2D eigenvalue weighted by Crippen LogP contribution is -2.34. The first-order valence-electron chi connectivity index (χ1n) is 7.74. The standard InChI is InChI=1S/C16H20N4O2/c1-9-10(13(21)20-16(3)6-7-16)11-12(19-15(2)4-5-15)17-8-18-14(11)22-9/h8H,4-7H2,1-3H3,(H,20,21)(H,17,18,19). The Balaban J connectivity index is 1.78. The Morgan fingerprint density at radius 3 is 2.50 bits per heavy atom. The van der Waals surface area contributed by atoms with Gasteiger partial charge in [-0.1, -0.05) is 0 Å². The molecule has 0 bridgehead atoms. The second kappa shape index (κ2) is 4.21. The minimum absolute atomic E-state index is 0.0706. The third-order valence-corrected chi connectivity index (χ3v) is 4.73. The highest BCUT2D eigenvalue weighted by atomic mass is 16.3. The van der Waals surface area contributed by atoms with E-state index < -0.39 is 0 Å². The molecule has 2 fully saturated rings. The molecular weight excluding hydrogens is 280 g/mol. The molecule has 2 aliphatic rings. The fourth-order valence-electron chi connectivity index (χ4n) is 2.66. The number of aryl methyl sites for hydroxylation is 1. The van der Waals surface area contributed by atoms with E-state index in [-0.39, 0.29) is 17.0 Å². The van der Waals surface area contributed by atoms with E-state index in [1.807, 2.05) is 0 Å². The average molecular weight is 300 g/mol. The summed E-state index contributed by atoms with van der Waals surface area (Å²) in [4.78, 5) is 21.2. The third kappa shape index (κ3) is 2.23. The molecule has 0 saturated heterocycles. The van der Waals surface area contributed by atoms with Gasteiger partial charge < -0.3 is 15.1 Å². The molecule has 2 aromatic rings. The quantitative estimate of drug-likeness (QED) is 0.907. The van der Waals surface area contributed by atoms with Crippen LogP contribution in [0.1, 0.15) is 55.6 Å². The Morgan fingerprint density at radius 2 is 1.86 bits per heavy atom. The molecular formula is C16H20N4O2. The van der Waals surface area contributed by atoms with Gasteiger partial charge in [-0.3, -0.25) is 4.79 Å². The van der Waals surface area contributed by atoms with Gasteiger partial charge in [0.05, 0.1) is 10.9 Å². The molecule has 4 rings (SSSR count). The Bertz CT molecular complexity index is 772. The Morgan fingerprint density at radius 1 is 1.18 bits per heavy atom. The van der Waals surface area contributed by atoms with Gasteiger partial charge in [0, 0.05) is 11.1 Å². The van der Waals surface area contributed by atoms with Crippen LogP contribution in [0.25, 0.3) is 11.1 Å². The maximum Gasteiger partial charge on any atom is 0.256 e. The van der Waals surface area contributed by atoms with Crippen LogP contribution in [0.4, 0.5) is 5.82 Å². The lowest BCUT2D eigenvalue weighted by Gasteiger charge is -2.14. The van der Waals surface area contributed by atoms with Crippen molar-refractivity contribution in [1.82, 2.24) is 15.3 Å². The summed E-state index contributed by atoms with van der Waals surface area (Å²) >= 11 is 0. The molecule has 2 N–H and O–H groups in total. The molecule has 116 valence electrons. The number of nitrogens with one attached hydrogen (secondary N) is 2. The van der Waals surface area contributed by atoms with E-state index in [1.165, 1.54) is 6.33 Å². The van der Waals surface area contributed by atoms with E-state index in [4.69, 9.17) is 4.42 Å². The largest absolute Gasteiger partial charge is 0.442 e. The molecule has 1 amide bonds. The van der Waals surface area contributed by atoms with Crippen LogP contribution in [0.5, 0.6) is 0 Å². The Kier molecular flexibility index (Phi) is 2.59. The van der Waals surface area contributed by atoms with Crippen molar-refractivity contribution >= 4 is 22.8 Å². The summed E-state index contributed by atoms with van der Waals surface area (Å²) in [6, 6.07) is 0. The number of amides is 1. The van der Waals surface area contributed by atoms with Crippen molar-refractivity contribution in [2.45, 2.75) is 57.5 Å². The fraction of sp³-hybridized carbons (Fsp3) is 0.562. The van der Waals surface area contributed by atoms with Gasteiger partial charge in [0.2, 0.25) is 5.71 Å². The fourth-order valence-corrected chi connectivity index (χ4v) is 2.66. The van der Waals surface area contributed by atoms with Gasteiger partial charge in [0.15, 0.2) is 0 Å². The van der Waals surface area contributed by atoms with Gasteiger partial charge >= 0.3 is 0 Å². The summed E-state index contributed by atoms with van der Waals surface area (Å²) in [6.07, 6.45) is 5.73. The predicted molar refractivity (Wildman–Crippen MR) is 82.9 cm³/mol. The van der Waals surface area contributed by atoms with E-state index in [1.54, 1.807) is 6.92 Å². The Labute approximate surface area is 128 Å². The number of aromatic nitrogens is 2. The summed E-state index contributed by atoms with van der Waals surface area (Å²) in [5.41, 5.74) is 1.02. The number of carbonyl (C=O) groups is 1. The molecule has 0 radical (unpaired) electrons. The lowest BCUT2D eigenvalue weighted by molar-refractivity contribution is 0.0935. The zero-order valence-corrected chi connectivity index (χ0v) is 13.1. The molecule has 0 aliphatic heterocycles. The first-order valence-corrected chi connectivity index (χ1v) is 7.74. The highest BCUT2D eigenvalue weighted by Crippen LogP contribution is 2.40. The van der Waals surface area contributed by atoms with Crippen molar-refractivity contribution in [2.75, 3.05) is 5.32 Å². The number of rotatable bonds is 4. The summed E-state index contributed by atoms with van der Waals surface area (Å²) in [5.74, 6) is 1.17.